The Labute approximate surface area is 72.9 Å². The lowest BCUT2D eigenvalue weighted by atomic mass is 10.0. The molecule has 0 aliphatic carbocycles. The van der Waals surface area contributed by atoms with E-state index in [2.05, 4.69) is 0 Å². The highest BCUT2D eigenvalue weighted by atomic mass is 19.4. The van der Waals surface area contributed by atoms with E-state index in [-0.39, 0.29) is 0 Å². The van der Waals surface area contributed by atoms with Gasteiger partial charge in [0.05, 0.1) is 0 Å². The van der Waals surface area contributed by atoms with E-state index in [1.165, 1.54) is 0 Å². The zero-order valence-corrected chi connectivity index (χ0v) is 6.23. The van der Waals surface area contributed by atoms with Gasteiger partial charge in [-0.3, -0.25) is 4.79 Å². The van der Waals surface area contributed by atoms with Crippen LogP contribution in [0.1, 0.15) is 0 Å². The molecule has 0 spiro atoms. The summed E-state index contributed by atoms with van der Waals surface area (Å²) in [5.41, 5.74) is 0. The molecule has 0 heterocycles. The van der Waals surface area contributed by atoms with Gasteiger partial charge in [0.2, 0.25) is 0 Å². The molecule has 2 N–H and O–H groups in total. The Morgan fingerprint density at radius 3 is 1.43 bits per heavy atom. The largest absolute Gasteiger partial charge is 0.481 e. The van der Waals surface area contributed by atoms with Gasteiger partial charge >= 0.3 is 18.3 Å². The van der Waals surface area contributed by atoms with Gasteiger partial charge in [-0.1, -0.05) is 0 Å². The first-order chi connectivity index (χ1) is 5.98. The number of aliphatic hydroxyl groups excluding tert-OH is 1. The molecule has 0 amide bonds. The molecule has 9 heteroatoms. The Morgan fingerprint density at radius 2 is 1.36 bits per heavy atom. The fraction of sp³-hybridized carbons (Fsp3) is 0.800. The normalized spacial score (nSPS) is 17.6. The quantitative estimate of drug-likeness (QED) is 0.695. The standard InChI is InChI=1S/C5H4F6O3/c6-4(7,8)1(3(13)14)2(12)5(9,10)11/h1-2,12H,(H,13,14). The molecule has 0 aliphatic rings. The van der Waals surface area contributed by atoms with Crippen LogP contribution in [0.15, 0.2) is 0 Å². The number of halogens is 6. The van der Waals surface area contributed by atoms with E-state index < -0.39 is 30.3 Å². The van der Waals surface area contributed by atoms with Crippen molar-refractivity contribution >= 4 is 5.97 Å². The Hall–Kier alpha value is -0.990. The molecule has 0 radical (unpaired) electrons. The van der Waals surface area contributed by atoms with Crippen molar-refractivity contribution in [3.8, 4) is 0 Å². The Kier molecular flexibility index (Phi) is 3.38. The maximum absolute atomic E-state index is 11.7. The van der Waals surface area contributed by atoms with Gasteiger partial charge in [-0.15, -0.1) is 0 Å². The van der Waals surface area contributed by atoms with Crippen LogP contribution in [0.2, 0.25) is 0 Å². The molecule has 84 valence electrons. The van der Waals surface area contributed by atoms with Crippen molar-refractivity contribution < 1.29 is 41.4 Å². The minimum Gasteiger partial charge on any atom is -0.481 e. The highest BCUT2D eigenvalue weighted by Gasteiger charge is 2.58. The topological polar surface area (TPSA) is 57.5 Å². The molecule has 0 saturated carbocycles. The van der Waals surface area contributed by atoms with Crippen LogP contribution in [0.5, 0.6) is 0 Å². The summed E-state index contributed by atoms with van der Waals surface area (Å²) in [7, 11) is 0. The summed E-state index contributed by atoms with van der Waals surface area (Å²) >= 11 is 0. The SMILES string of the molecule is O=C(O)C(C(O)C(F)(F)F)C(F)(F)F. The average Bonchev–Trinajstić information content (AvgIpc) is 1.79. The molecular weight excluding hydrogens is 222 g/mol. The second-order valence-electron chi connectivity index (χ2n) is 2.34. The number of rotatable bonds is 2. The number of carbonyl (C=O) groups is 1. The number of alkyl halides is 6. The predicted octanol–water partition coefficient (Wildman–Crippen LogP) is 1.17. The van der Waals surface area contributed by atoms with Gasteiger partial charge in [-0.25, -0.2) is 0 Å². The van der Waals surface area contributed by atoms with E-state index in [1.807, 2.05) is 0 Å². The van der Waals surface area contributed by atoms with Gasteiger partial charge in [0.15, 0.2) is 12.0 Å². The molecule has 0 aliphatic heterocycles. The average molecular weight is 226 g/mol. The number of aliphatic carboxylic acids is 1. The van der Waals surface area contributed by atoms with Crippen molar-refractivity contribution in [3.63, 3.8) is 0 Å². The zero-order valence-electron chi connectivity index (χ0n) is 6.23. The second-order valence-corrected chi connectivity index (χ2v) is 2.34. The predicted molar refractivity (Wildman–Crippen MR) is 29.2 cm³/mol. The van der Waals surface area contributed by atoms with E-state index in [9.17, 15) is 31.1 Å². The fourth-order valence-corrected chi connectivity index (χ4v) is 0.643. The first-order valence-electron chi connectivity index (χ1n) is 3.02. The Balaban J connectivity index is 4.96. The molecule has 0 bridgehead atoms. The van der Waals surface area contributed by atoms with Crippen molar-refractivity contribution in [3.05, 3.63) is 0 Å². The summed E-state index contributed by atoms with van der Waals surface area (Å²) in [5.74, 6) is -6.63. The van der Waals surface area contributed by atoms with Gasteiger partial charge < -0.3 is 10.2 Å². The molecule has 0 aromatic heterocycles. The van der Waals surface area contributed by atoms with Gasteiger partial charge in [0.1, 0.15) is 0 Å². The number of aliphatic hydroxyl groups is 1. The summed E-state index contributed by atoms with van der Waals surface area (Å²) in [6.45, 7) is 0. The summed E-state index contributed by atoms with van der Waals surface area (Å²) in [5, 5.41) is 16.0. The summed E-state index contributed by atoms with van der Waals surface area (Å²) < 4.78 is 69.9. The lowest BCUT2D eigenvalue weighted by Gasteiger charge is -2.23. The minimum atomic E-state index is -5.65. The van der Waals surface area contributed by atoms with E-state index in [1.54, 1.807) is 0 Å². The molecule has 2 unspecified atom stereocenters. The first-order valence-corrected chi connectivity index (χ1v) is 3.02. The number of carboxylic acid groups (broad SMARTS) is 1. The molecule has 0 saturated heterocycles. The number of carboxylic acids is 1. The zero-order chi connectivity index (χ0) is 11.7. The lowest BCUT2D eigenvalue weighted by Crippen LogP contribution is -2.47. The molecule has 0 aromatic rings. The number of hydrogen-bond acceptors (Lipinski definition) is 2. The van der Waals surface area contributed by atoms with Gasteiger partial charge in [-0.2, -0.15) is 26.3 Å². The van der Waals surface area contributed by atoms with Crippen molar-refractivity contribution in [1.29, 1.82) is 0 Å². The highest BCUT2D eigenvalue weighted by molar-refractivity contribution is 5.71. The van der Waals surface area contributed by atoms with E-state index >= 15 is 0 Å². The van der Waals surface area contributed by atoms with Crippen LogP contribution < -0.4 is 0 Å². The summed E-state index contributed by atoms with van der Waals surface area (Å²) in [4.78, 5) is 9.85. The summed E-state index contributed by atoms with van der Waals surface area (Å²) in [6.07, 6.45) is -15.2. The third-order valence-corrected chi connectivity index (χ3v) is 1.27. The van der Waals surface area contributed by atoms with Crippen molar-refractivity contribution in [2.75, 3.05) is 0 Å². The first kappa shape index (κ1) is 13.0. The number of hydrogen-bond donors (Lipinski definition) is 2. The summed E-state index contributed by atoms with van der Waals surface area (Å²) in [6, 6.07) is 0. The molecule has 3 nitrogen and oxygen atoms in total. The van der Waals surface area contributed by atoms with Crippen molar-refractivity contribution in [2.45, 2.75) is 18.5 Å². The molecule has 14 heavy (non-hydrogen) atoms. The van der Waals surface area contributed by atoms with Crippen LogP contribution >= 0.6 is 0 Å². The van der Waals surface area contributed by atoms with Crippen LogP contribution in [0.4, 0.5) is 26.3 Å². The van der Waals surface area contributed by atoms with Gasteiger partial charge in [-0.05, 0) is 0 Å². The maximum Gasteiger partial charge on any atom is 0.415 e. The monoisotopic (exact) mass is 226 g/mol. The van der Waals surface area contributed by atoms with Crippen LogP contribution in [0.25, 0.3) is 0 Å². The molecule has 0 rings (SSSR count). The molecule has 2 atom stereocenters. The molecule has 0 aromatic carbocycles. The second kappa shape index (κ2) is 3.64. The van der Waals surface area contributed by atoms with Gasteiger partial charge in [0, 0.05) is 0 Å². The van der Waals surface area contributed by atoms with Crippen molar-refractivity contribution in [1.82, 2.24) is 0 Å². The van der Waals surface area contributed by atoms with E-state index in [4.69, 9.17) is 10.2 Å². The third kappa shape index (κ3) is 3.05. The van der Waals surface area contributed by atoms with Crippen LogP contribution in [-0.4, -0.2) is 34.6 Å². The molecular formula is C5H4F6O3. The third-order valence-electron chi connectivity index (χ3n) is 1.27. The van der Waals surface area contributed by atoms with Crippen LogP contribution in [0, 0.1) is 5.92 Å². The van der Waals surface area contributed by atoms with E-state index in [0.29, 0.717) is 0 Å². The fourth-order valence-electron chi connectivity index (χ4n) is 0.643. The minimum absolute atomic E-state index is 2.78. The van der Waals surface area contributed by atoms with Crippen LogP contribution in [-0.2, 0) is 4.79 Å². The Morgan fingerprint density at radius 1 is 1.00 bits per heavy atom. The molecule has 0 fully saturated rings. The maximum atomic E-state index is 11.7. The Bertz CT molecular complexity index is 218. The lowest BCUT2D eigenvalue weighted by molar-refractivity contribution is -0.273. The van der Waals surface area contributed by atoms with Gasteiger partial charge in [0.25, 0.3) is 0 Å². The van der Waals surface area contributed by atoms with E-state index in [0.717, 1.165) is 0 Å². The highest BCUT2D eigenvalue weighted by Crippen LogP contribution is 2.36. The van der Waals surface area contributed by atoms with Crippen LogP contribution in [0.3, 0.4) is 0 Å². The smallest absolute Gasteiger partial charge is 0.415 e. The van der Waals surface area contributed by atoms with Crippen molar-refractivity contribution in [2.24, 2.45) is 5.92 Å².